The maximum atomic E-state index is 13.8. The van der Waals surface area contributed by atoms with Crippen molar-refractivity contribution in [1.82, 2.24) is 9.97 Å². The van der Waals surface area contributed by atoms with Crippen LogP contribution in [0.4, 0.5) is 29.2 Å². The standard InChI is InChI=1S/C16H13F4N5/c17-12-2-1-5-22-15(12)25-8-6-24(7-9-25)14-11(10-21)3-4-13(23-14)16(18,19)20/h1-5H,6-9H2. The molecule has 0 bridgehead atoms. The van der Waals surface area contributed by atoms with Gasteiger partial charge in [0.2, 0.25) is 0 Å². The lowest BCUT2D eigenvalue weighted by atomic mass is 10.2. The minimum absolute atomic E-state index is 0.00142. The van der Waals surface area contributed by atoms with E-state index in [1.54, 1.807) is 9.80 Å². The second-order valence-electron chi connectivity index (χ2n) is 5.46. The first-order valence-electron chi connectivity index (χ1n) is 7.49. The van der Waals surface area contributed by atoms with Crippen LogP contribution in [-0.4, -0.2) is 36.1 Å². The van der Waals surface area contributed by atoms with Crippen molar-refractivity contribution in [2.45, 2.75) is 6.18 Å². The van der Waals surface area contributed by atoms with Crippen LogP contribution in [0.15, 0.2) is 30.5 Å². The van der Waals surface area contributed by atoms with Crippen molar-refractivity contribution in [3.8, 4) is 6.07 Å². The summed E-state index contributed by atoms with van der Waals surface area (Å²) in [7, 11) is 0. The van der Waals surface area contributed by atoms with E-state index in [1.165, 1.54) is 18.3 Å². The number of anilines is 2. The molecular formula is C16H13F4N5. The molecule has 1 aliphatic heterocycles. The van der Waals surface area contributed by atoms with Crippen molar-refractivity contribution in [3.05, 3.63) is 47.5 Å². The molecule has 0 aromatic carbocycles. The Bertz CT molecular complexity index is 807. The Morgan fingerprint density at radius 1 is 1.00 bits per heavy atom. The third-order valence-corrected chi connectivity index (χ3v) is 3.90. The van der Waals surface area contributed by atoms with Gasteiger partial charge in [-0.2, -0.15) is 18.4 Å². The lowest BCUT2D eigenvalue weighted by Crippen LogP contribution is -2.47. The molecule has 0 unspecified atom stereocenters. The minimum Gasteiger partial charge on any atom is -0.352 e. The number of alkyl halides is 3. The zero-order chi connectivity index (χ0) is 18.0. The molecular weight excluding hydrogens is 338 g/mol. The summed E-state index contributed by atoms with van der Waals surface area (Å²) in [6, 6.07) is 6.57. The third-order valence-electron chi connectivity index (χ3n) is 3.90. The molecule has 130 valence electrons. The first-order chi connectivity index (χ1) is 11.9. The number of aromatic nitrogens is 2. The van der Waals surface area contributed by atoms with Crippen molar-refractivity contribution in [2.24, 2.45) is 0 Å². The number of hydrogen-bond acceptors (Lipinski definition) is 5. The van der Waals surface area contributed by atoms with Gasteiger partial charge in [0.15, 0.2) is 11.6 Å². The Morgan fingerprint density at radius 3 is 2.20 bits per heavy atom. The van der Waals surface area contributed by atoms with Crippen molar-refractivity contribution in [3.63, 3.8) is 0 Å². The number of hydrogen-bond donors (Lipinski definition) is 0. The van der Waals surface area contributed by atoms with Gasteiger partial charge in [-0.1, -0.05) is 0 Å². The Labute approximate surface area is 141 Å². The fraction of sp³-hybridized carbons (Fsp3) is 0.312. The van der Waals surface area contributed by atoms with Crippen molar-refractivity contribution >= 4 is 11.6 Å². The lowest BCUT2D eigenvalue weighted by Gasteiger charge is -2.36. The van der Waals surface area contributed by atoms with Gasteiger partial charge < -0.3 is 9.80 Å². The van der Waals surface area contributed by atoms with E-state index in [4.69, 9.17) is 5.26 Å². The van der Waals surface area contributed by atoms with Crippen LogP contribution < -0.4 is 9.80 Å². The van der Waals surface area contributed by atoms with Gasteiger partial charge in [0.25, 0.3) is 0 Å². The second kappa shape index (κ2) is 6.55. The van der Waals surface area contributed by atoms with Crippen molar-refractivity contribution < 1.29 is 17.6 Å². The van der Waals surface area contributed by atoms with Gasteiger partial charge in [-0.05, 0) is 24.3 Å². The Morgan fingerprint density at radius 2 is 1.64 bits per heavy atom. The predicted molar refractivity (Wildman–Crippen MR) is 82.6 cm³/mol. The summed E-state index contributed by atoms with van der Waals surface area (Å²) in [6.07, 6.45) is -3.10. The van der Waals surface area contributed by atoms with Crippen LogP contribution >= 0.6 is 0 Å². The molecule has 0 amide bonds. The normalized spacial score (nSPS) is 15.2. The van der Waals surface area contributed by atoms with Crippen LogP contribution in [0.1, 0.15) is 11.3 Å². The van der Waals surface area contributed by atoms with Crippen LogP contribution in [0.2, 0.25) is 0 Å². The van der Waals surface area contributed by atoms with Gasteiger partial charge in [-0.15, -0.1) is 0 Å². The summed E-state index contributed by atoms with van der Waals surface area (Å²) < 4.78 is 52.4. The highest BCUT2D eigenvalue weighted by Crippen LogP contribution is 2.31. The van der Waals surface area contributed by atoms with Gasteiger partial charge in [0, 0.05) is 32.4 Å². The lowest BCUT2D eigenvalue weighted by molar-refractivity contribution is -0.141. The van der Waals surface area contributed by atoms with E-state index in [0.717, 1.165) is 12.1 Å². The van der Waals surface area contributed by atoms with E-state index in [1.807, 2.05) is 6.07 Å². The number of nitriles is 1. The fourth-order valence-electron chi connectivity index (χ4n) is 2.67. The monoisotopic (exact) mass is 351 g/mol. The van der Waals surface area contributed by atoms with E-state index in [0.29, 0.717) is 26.2 Å². The summed E-state index contributed by atoms with van der Waals surface area (Å²) in [5.74, 6) is -0.246. The molecule has 5 nitrogen and oxygen atoms in total. The number of piperazine rings is 1. The molecule has 25 heavy (non-hydrogen) atoms. The first-order valence-corrected chi connectivity index (χ1v) is 7.49. The molecule has 3 rings (SSSR count). The molecule has 2 aromatic rings. The molecule has 0 radical (unpaired) electrons. The number of halogens is 4. The highest BCUT2D eigenvalue weighted by Gasteiger charge is 2.34. The fourth-order valence-corrected chi connectivity index (χ4v) is 2.67. The number of pyridine rings is 2. The molecule has 0 aliphatic carbocycles. The maximum absolute atomic E-state index is 13.8. The molecule has 0 saturated carbocycles. The van der Waals surface area contributed by atoms with E-state index >= 15 is 0 Å². The predicted octanol–water partition coefficient (Wildman–Crippen LogP) is 2.83. The Hall–Kier alpha value is -2.89. The Balaban J connectivity index is 1.81. The molecule has 1 saturated heterocycles. The SMILES string of the molecule is N#Cc1ccc(C(F)(F)F)nc1N1CCN(c2ncccc2F)CC1. The van der Waals surface area contributed by atoms with E-state index < -0.39 is 17.7 Å². The number of nitrogens with zero attached hydrogens (tertiary/aromatic N) is 5. The van der Waals surface area contributed by atoms with Gasteiger partial charge in [0.05, 0.1) is 5.56 Å². The summed E-state index contributed by atoms with van der Waals surface area (Å²) >= 11 is 0. The summed E-state index contributed by atoms with van der Waals surface area (Å²) in [6.45, 7) is 1.32. The summed E-state index contributed by atoms with van der Waals surface area (Å²) in [5.41, 5.74) is -0.967. The second-order valence-corrected chi connectivity index (χ2v) is 5.46. The Kier molecular flexibility index (Phi) is 4.44. The smallest absolute Gasteiger partial charge is 0.352 e. The highest BCUT2D eigenvalue weighted by molar-refractivity contribution is 5.56. The molecule has 0 spiro atoms. The van der Waals surface area contributed by atoms with Crippen molar-refractivity contribution in [1.29, 1.82) is 5.26 Å². The summed E-state index contributed by atoms with van der Waals surface area (Å²) in [4.78, 5) is 10.9. The molecule has 2 aromatic heterocycles. The third kappa shape index (κ3) is 3.47. The van der Waals surface area contributed by atoms with Crippen LogP contribution in [0.5, 0.6) is 0 Å². The van der Waals surface area contributed by atoms with Gasteiger partial charge >= 0.3 is 6.18 Å². The molecule has 9 heteroatoms. The van der Waals surface area contributed by atoms with Crippen molar-refractivity contribution in [2.75, 3.05) is 36.0 Å². The van der Waals surface area contributed by atoms with Gasteiger partial charge in [-0.3, -0.25) is 0 Å². The summed E-state index contributed by atoms with van der Waals surface area (Å²) in [5, 5.41) is 9.14. The zero-order valence-corrected chi connectivity index (χ0v) is 13.0. The molecule has 1 fully saturated rings. The minimum atomic E-state index is -4.58. The molecule has 0 atom stereocenters. The van der Waals surface area contributed by atoms with Crippen LogP contribution in [-0.2, 0) is 6.18 Å². The maximum Gasteiger partial charge on any atom is 0.433 e. The van der Waals surface area contributed by atoms with E-state index in [-0.39, 0.29) is 17.2 Å². The quantitative estimate of drug-likeness (QED) is 0.779. The molecule has 0 N–H and O–H groups in total. The molecule has 3 heterocycles. The van der Waals surface area contributed by atoms with Crippen LogP contribution in [0, 0.1) is 17.1 Å². The molecule has 1 aliphatic rings. The topological polar surface area (TPSA) is 56.1 Å². The highest BCUT2D eigenvalue weighted by atomic mass is 19.4. The van der Waals surface area contributed by atoms with E-state index in [2.05, 4.69) is 9.97 Å². The van der Waals surface area contributed by atoms with Crippen LogP contribution in [0.3, 0.4) is 0 Å². The van der Waals surface area contributed by atoms with Gasteiger partial charge in [-0.25, -0.2) is 14.4 Å². The van der Waals surface area contributed by atoms with Gasteiger partial charge in [0.1, 0.15) is 17.6 Å². The average Bonchev–Trinajstić information content (AvgIpc) is 2.61. The largest absolute Gasteiger partial charge is 0.433 e. The average molecular weight is 351 g/mol. The van der Waals surface area contributed by atoms with E-state index in [9.17, 15) is 17.6 Å². The zero-order valence-electron chi connectivity index (χ0n) is 13.0. The first kappa shape index (κ1) is 17.0. The number of rotatable bonds is 2. The van der Waals surface area contributed by atoms with Crippen LogP contribution in [0.25, 0.3) is 0 Å².